The summed E-state index contributed by atoms with van der Waals surface area (Å²) in [7, 11) is -3.31. The highest BCUT2D eigenvalue weighted by atomic mass is 35.5. The first-order chi connectivity index (χ1) is 17.6. The van der Waals surface area contributed by atoms with E-state index in [2.05, 4.69) is 14.7 Å². The number of aryl methyl sites for hydroxylation is 1. The first kappa shape index (κ1) is 29.0. The molecule has 14 heteroatoms. The number of nitrogens with one attached hydrogen (secondary N) is 1. The summed E-state index contributed by atoms with van der Waals surface area (Å²) in [5.74, 6) is -3.43. The number of aromatic nitrogens is 1. The summed E-state index contributed by atoms with van der Waals surface area (Å²) in [6, 6.07) is 8.81. The van der Waals surface area contributed by atoms with E-state index in [1.54, 1.807) is 0 Å². The third kappa shape index (κ3) is 6.85. The number of hydrogen-bond acceptors (Lipinski definition) is 6. The molecule has 2 aromatic carbocycles. The molecule has 202 valence electrons. The standard InChI is InChI=1S/C24H20ClF4N3O5S/c1-12-19(7-8-21(26)30-12)37-20-11-17(24(27,28)29)18(25)10-16(20)23(35)31-14-5-4-6-15(9-14)38(3,36)32-22(34)13(2)33/h4-11,13,33H,1-3H3,(H,31,35)/t13-,38+/m0/s1. The van der Waals surface area contributed by atoms with E-state index >= 15 is 0 Å². The number of carbonyl (C=O) groups is 2. The van der Waals surface area contributed by atoms with Crippen LogP contribution >= 0.6 is 11.6 Å². The Bertz CT molecular complexity index is 1540. The van der Waals surface area contributed by atoms with Gasteiger partial charge >= 0.3 is 6.18 Å². The number of halogens is 5. The van der Waals surface area contributed by atoms with Gasteiger partial charge in [0.25, 0.3) is 11.8 Å². The second-order valence-electron chi connectivity index (χ2n) is 8.04. The van der Waals surface area contributed by atoms with Crippen LogP contribution in [0.15, 0.2) is 57.8 Å². The number of pyridine rings is 1. The molecule has 2 atom stereocenters. The van der Waals surface area contributed by atoms with E-state index in [4.69, 9.17) is 16.3 Å². The molecule has 0 bridgehead atoms. The Kier molecular flexibility index (Phi) is 8.44. The molecule has 1 heterocycles. The van der Waals surface area contributed by atoms with Crippen molar-refractivity contribution in [3.8, 4) is 11.5 Å². The molecule has 0 spiro atoms. The molecule has 1 aromatic heterocycles. The lowest BCUT2D eigenvalue weighted by Crippen LogP contribution is -2.16. The van der Waals surface area contributed by atoms with Crippen LogP contribution in [0.25, 0.3) is 0 Å². The number of aliphatic hydroxyl groups is 1. The van der Waals surface area contributed by atoms with Gasteiger partial charge in [0.2, 0.25) is 5.95 Å². The first-order valence-electron chi connectivity index (χ1n) is 10.7. The fourth-order valence-corrected chi connectivity index (χ4v) is 4.63. The van der Waals surface area contributed by atoms with Crippen LogP contribution in [-0.2, 0) is 20.7 Å². The smallest absolute Gasteiger partial charge is 0.417 e. The van der Waals surface area contributed by atoms with Crippen molar-refractivity contribution in [1.29, 1.82) is 0 Å². The van der Waals surface area contributed by atoms with Crippen molar-refractivity contribution in [3.63, 3.8) is 0 Å². The van der Waals surface area contributed by atoms with Gasteiger partial charge in [-0.25, -0.2) is 9.19 Å². The van der Waals surface area contributed by atoms with Gasteiger partial charge in [-0.05, 0) is 56.3 Å². The maximum Gasteiger partial charge on any atom is 0.417 e. The SMILES string of the molecule is Cc1nc(F)ccc1Oc1cc(C(F)(F)F)c(Cl)cc1C(=O)Nc1cccc([S@@](C)(=O)=NC(=O)[C@H](C)O)c1. The van der Waals surface area contributed by atoms with Gasteiger partial charge < -0.3 is 15.2 Å². The average Bonchev–Trinajstić information content (AvgIpc) is 2.80. The van der Waals surface area contributed by atoms with E-state index in [-0.39, 0.29) is 22.0 Å². The van der Waals surface area contributed by atoms with E-state index in [0.29, 0.717) is 6.07 Å². The fourth-order valence-electron chi connectivity index (χ4n) is 3.09. The van der Waals surface area contributed by atoms with Crippen LogP contribution in [0.5, 0.6) is 11.5 Å². The molecular formula is C24H20ClF4N3O5S. The number of anilines is 1. The predicted octanol–water partition coefficient (Wildman–Crippen LogP) is 5.61. The lowest BCUT2D eigenvalue weighted by molar-refractivity contribution is -0.137. The van der Waals surface area contributed by atoms with Crippen molar-refractivity contribution < 1.29 is 41.2 Å². The molecule has 0 saturated carbocycles. The number of benzene rings is 2. The summed E-state index contributed by atoms with van der Waals surface area (Å²) < 4.78 is 75.8. The van der Waals surface area contributed by atoms with Crippen molar-refractivity contribution in [3.05, 3.63) is 76.3 Å². The number of alkyl halides is 3. The average molecular weight is 574 g/mol. The molecular weight excluding hydrogens is 554 g/mol. The monoisotopic (exact) mass is 573 g/mol. The molecule has 2 N–H and O–H groups in total. The van der Waals surface area contributed by atoms with E-state index in [1.807, 2.05) is 0 Å². The number of ether oxygens (including phenoxy) is 1. The molecule has 0 fully saturated rings. The number of nitrogens with zero attached hydrogens (tertiary/aromatic N) is 2. The zero-order valence-corrected chi connectivity index (χ0v) is 21.5. The highest BCUT2D eigenvalue weighted by Crippen LogP contribution is 2.40. The lowest BCUT2D eigenvalue weighted by Gasteiger charge is -2.17. The van der Waals surface area contributed by atoms with Crippen molar-refractivity contribution in [2.45, 2.75) is 31.0 Å². The summed E-state index contributed by atoms with van der Waals surface area (Å²) in [5.41, 5.74) is -1.59. The molecule has 0 aliphatic rings. The summed E-state index contributed by atoms with van der Waals surface area (Å²) in [5, 5.41) is 11.0. The molecule has 0 aliphatic carbocycles. The maximum absolute atomic E-state index is 13.5. The molecule has 3 aromatic rings. The Morgan fingerprint density at radius 3 is 2.45 bits per heavy atom. The highest BCUT2D eigenvalue weighted by Gasteiger charge is 2.35. The first-order valence-corrected chi connectivity index (χ1v) is 13.0. The number of rotatable bonds is 6. The van der Waals surface area contributed by atoms with Crippen LogP contribution in [0.2, 0.25) is 5.02 Å². The lowest BCUT2D eigenvalue weighted by atomic mass is 10.1. The van der Waals surface area contributed by atoms with Gasteiger partial charge in [-0.1, -0.05) is 17.7 Å². The third-order valence-corrected chi connectivity index (χ3v) is 6.96. The summed E-state index contributed by atoms with van der Waals surface area (Å²) in [6.45, 7) is 2.52. The molecule has 0 saturated heterocycles. The Hall–Kier alpha value is -3.55. The van der Waals surface area contributed by atoms with E-state index in [0.717, 1.165) is 31.4 Å². The number of aliphatic hydroxyl groups excluding tert-OH is 1. The fraction of sp³-hybridized carbons (Fsp3) is 0.208. The topological polar surface area (TPSA) is 118 Å². The minimum absolute atomic E-state index is 0.0146. The van der Waals surface area contributed by atoms with Gasteiger partial charge in [-0.3, -0.25) is 9.59 Å². The van der Waals surface area contributed by atoms with E-state index < -0.39 is 61.7 Å². The number of amides is 2. The minimum atomic E-state index is -4.87. The van der Waals surface area contributed by atoms with Gasteiger partial charge in [-0.15, -0.1) is 0 Å². The van der Waals surface area contributed by atoms with Crippen LogP contribution in [-0.4, -0.2) is 38.5 Å². The molecule has 0 aliphatic heterocycles. The second-order valence-corrected chi connectivity index (χ2v) is 10.7. The quantitative estimate of drug-likeness (QED) is 0.292. The Morgan fingerprint density at radius 2 is 1.84 bits per heavy atom. The second kappa shape index (κ2) is 11.1. The van der Waals surface area contributed by atoms with Crippen molar-refractivity contribution in [2.24, 2.45) is 4.36 Å². The van der Waals surface area contributed by atoms with Gasteiger partial charge in [0.15, 0.2) is 0 Å². The number of carbonyl (C=O) groups excluding carboxylic acids is 2. The highest BCUT2D eigenvalue weighted by molar-refractivity contribution is 7.93. The van der Waals surface area contributed by atoms with Crippen LogP contribution < -0.4 is 10.1 Å². The van der Waals surface area contributed by atoms with Crippen LogP contribution in [0.4, 0.5) is 23.2 Å². The Balaban J connectivity index is 2.03. The van der Waals surface area contributed by atoms with Crippen molar-refractivity contribution in [1.82, 2.24) is 4.98 Å². The molecule has 2 amide bonds. The van der Waals surface area contributed by atoms with Crippen molar-refractivity contribution in [2.75, 3.05) is 11.6 Å². The van der Waals surface area contributed by atoms with Gasteiger partial charge in [0.1, 0.15) is 17.6 Å². The predicted molar refractivity (Wildman–Crippen MR) is 131 cm³/mol. The molecule has 3 rings (SSSR count). The van der Waals surface area contributed by atoms with Gasteiger partial charge in [-0.2, -0.15) is 21.9 Å². The maximum atomic E-state index is 13.5. The Labute approximate surface area is 219 Å². The van der Waals surface area contributed by atoms with E-state index in [9.17, 15) is 36.5 Å². The van der Waals surface area contributed by atoms with E-state index in [1.165, 1.54) is 31.2 Å². The molecule has 8 nitrogen and oxygen atoms in total. The summed E-state index contributed by atoms with van der Waals surface area (Å²) in [4.78, 5) is 28.4. The van der Waals surface area contributed by atoms with Gasteiger partial charge in [0.05, 0.1) is 31.6 Å². The van der Waals surface area contributed by atoms with Crippen LogP contribution in [0, 0.1) is 12.9 Å². The van der Waals surface area contributed by atoms with Gasteiger partial charge in [0, 0.05) is 16.8 Å². The van der Waals surface area contributed by atoms with Crippen molar-refractivity contribution >= 4 is 38.8 Å². The van der Waals surface area contributed by atoms with Crippen LogP contribution in [0.3, 0.4) is 0 Å². The normalized spacial score (nSPS) is 13.8. The zero-order valence-electron chi connectivity index (χ0n) is 20.0. The minimum Gasteiger partial charge on any atom is -0.455 e. The zero-order chi connectivity index (χ0) is 28.4. The molecule has 0 unspecified atom stereocenters. The number of hydrogen-bond donors (Lipinski definition) is 2. The largest absolute Gasteiger partial charge is 0.455 e. The molecule has 0 radical (unpaired) electrons. The third-order valence-electron chi connectivity index (χ3n) is 4.99. The Morgan fingerprint density at radius 1 is 1.16 bits per heavy atom. The summed E-state index contributed by atoms with van der Waals surface area (Å²) >= 11 is 5.83. The van der Waals surface area contributed by atoms with Crippen LogP contribution in [0.1, 0.15) is 28.5 Å². The molecule has 38 heavy (non-hydrogen) atoms. The summed E-state index contributed by atoms with van der Waals surface area (Å²) in [6.07, 6.45) is -5.18.